The van der Waals surface area contributed by atoms with Crippen LogP contribution in [0.3, 0.4) is 0 Å². The third kappa shape index (κ3) is 2.64. The van der Waals surface area contributed by atoms with Crippen molar-refractivity contribution in [3.8, 4) is 0 Å². The molecule has 0 aromatic carbocycles. The van der Waals surface area contributed by atoms with Gasteiger partial charge >= 0.3 is 0 Å². The third-order valence-electron chi connectivity index (χ3n) is 3.62. The second kappa shape index (κ2) is 5.48. The molecule has 1 heterocycles. The van der Waals surface area contributed by atoms with Gasteiger partial charge in [-0.3, -0.25) is 4.68 Å². The summed E-state index contributed by atoms with van der Waals surface area (Å²) in [6.07, 6.45) is 9.58. The van der Waals surface area contributed by atoms with Crippen molar-refractivity contribution in [2.45, 2.75) is 58.0 Å². The van der Waals surface area contributed by atoms with Crippen LogP contribution >= 0.6 is 0 Å². The van der Waals surface area contributed by atoms with Crippen LogP contribution in [0.1, 0.15) is 51.0 Å². The van der Waals surface area contributed by atoms with Gasteiger partial charge in [-0.1, -0.05) is 13.3 Å². The molecule has 0 amide bonds. The van der Waals surface area contributed by atoms with Crippen molar-refractivity contribution in [3.63, 3.8) is 0 Å². The molecule has 1 fully saturated rings. The van der Waals surface area contributed by atoms with Gasteiger partial charge in [0.05, 0.1) is 6.20 Å². The average Bonchev–Trinajstić information content (AvgIpc) is 2.78. The Bertz CT molecular complexity index is 317. The zero-order valence-electron chi connectivity index (χ0n) is 10.4. The van der Waals surface area contributed by atoms with Crippen molar-refractivity contribution in [3.05, 3.63) is 18.0 Å². The maximum Gasteiger partial charge on any atom is 0.0524 e. The SMILES string of the molecule is CCNC1CCCC(c2cnn(CC)c2)C1. The summed E-state index contributed by atoms with van der Waals surface area (Å²) in [4.78, 5) is 0. The van der Waals surface area contributed by atoms with Gasteiger partial charge in [-0.25, -0.2) is 0 Å². The Balaban J connectivity index is 1.98. The molecule has 1 saturated carbocycles. The number of aryl methyl sites for hydroxylation is 1. The average molecular weight is 221 g/mol. The molecule has 2 rings (SSSR count). The van der Waals surface area contributed by atoms with Crippen LogP contribution in [0.2, 0.25) is 0 Å². The Kier molecular flexibility index (Phi) is 3.99. The Morgan fingerprint density at radius 3 is 3.00 bits per heavy atom. The van der Waals surface area contributed by atoms with Crippen molar-refractivity contribution in [2.75, 3.05) is 6.54 Å². The van der Waals surface area contributed by atoms with Gasteiger partial charge in [0.2, 0.25) is 0 Å². The number of nitrogens with zero attached hydrogens (tertiary/aromatic N) is 2. The lowest BCUT2D eigenvalue weighted by Crippen LogP contribution is -2.33. The van der Waals surface area contributed by atoms with Crippen LogP contribution in [-0.4, -0.2) is 22.4 Å². The molecule has 1 N–H and O–H groups in total. The van der Waals surface area contributed by atoms with E-state index >= 15 is 0 Å². The topological polar surface area (TPSA) is 29.9 Å². The lowest BCUT2D eigenvalue weighted by Gasteiger charge is -2.29. The van der Waals surface area contributed by atoms with E-state index in [1.165, 1.54) is 31.2 Å². The van der Waals surface area contributed by atoms with Crippen molar-refractivity contribution in [1.29, 1.82) is 0 Å². The lowest BCUT2D eigenvalue weighted by molar-refractivity contribution is 0.344. The van der Waals surface area contributed by atoms with Crippen LogP contribution in [-0.2, 0) is 6.54 Å². The normalized spacial score (nSPS) is 25.9. The number of hydrogen-bond acceptors (Lipinski definition) is 2. The molecule has 1 aliphatic rings. The van der Waals surface area contributed by atoms with E-state index in [9.17, 15) is 0 Å². The van der Waals surface area contributed by atoms with Crippen LogP contribution in [0.15, 0.2) is 12.4 Å². The number of aromatic nitrogens is 2. The molecule has 0 aliphatic heterocycles. The summed E-state index contributed by atoms with van der Waals surface area (Å²) in [5.41, 5.74) is 1.43. The molecule has 0 bridgehead atoms. The molecule has 3 heteroatoms. The zero-order valence-corrected chi connectivity index (χ0v) is 10.4. The molecule has 1 aromatic rings. The van der Waals surface area contributed by atoms with E-state index in [2.05, 4.69) is 36.7 Å². The Morgan fingerprint density at radius 2 is 2.31 bits per heavy atom. The maximum absolute atomic E-state index is 4.38. The molecule has 16 heavy (non-hydrogen) atoms. The quantitative estimate of drug-likeness (QED) is 0.846. The highest BCUT2D eigenvalue weighted by atomic mass is 15.3. The number of hydrogen-bond donors (Lipinski definition) is 1. The summed E-state index contributed by atoms with van der Waals surface area (Å²) < 4.78 is 2.03. The second-order valence-electron chi connectivity index (χ2n) is 4.75. The highest BCUT2D eigenvalue weighted by Gasteiger charge is 2.23. The first kappa shape index (κ1) is 11.6. The predicted molar refractivity (Wildman–Crippen MR) is 66.6 cm³/mol. The molecular formula is C13H23N3. The maximum atomic E-state index is 4.38. The number of nitrogens with one attached hydrogen (secondary N) is 1. The van der Waals surface area contributed by atoms with Gasteiger partial charge in [0, 0.05) is 18.8 Å². The summed E-state index contributed by atoms with van der Waals surface area (Å²) in [5, 5.41) is 7.95. The molecule has 0 spiro atoms. The van der Waals surface area contributed by atoms with Crippen molar-refractivity contribution >= 4 is 0 Å². The van der Waals surface area contributed by atoms with E-state index < -0.39 is 0 Å². The fourth-order valence-electron chi connectivity index (χ4n) is 2.73. The van der Waals surface area contributed by atoms with Gasteiger partial charge in [0.25, 0.3) is 0 Å². The summed E-state index contributed by atoms with van der Waals surface area (Å²) in [6, 6.07) is 0.716. The Labute approximate surface area is 98.2 Å². The second-order valence-corrected chi connectivity index (χ2v) is 4.75. The standard InChI is InChI=1S/C13H23N3/c1-3-14-13-7-5-6-11(8-13)12-9-15-16(4-2)10-12/h9-11,13-14H,3-8H2,1-2H3. The molecule has 1 aliphatic carbocycles. The summed E-state index contributed by atoms with van der Waals surface area (Å²) in [5.74, 6) is 0.720. The number of rotatable bonds is 4. The van der Waals surface area contributed by atoms with Crippen LogP contribution < -0.4 is 5.32 Å². The monoisotopic (exact) mass is 221 g/mol. The molecule has 2 atom stereocenters. The summed E-state index contributed by atoms with van der Waals surface area (Å²) >= 11 is 0. The van der Waals surface area contributed by atoms with Crippen LogP contribution in [0.4, 0.5) is 0 Å². The predicted octanol–water partition coefficient (Wildman–Crippen LogP) is 2.54. The molecule has 90 valence electrons. The van der Waals surface area contributed by atoms with Gasteiger partial charge in [-0.15, -0.1) is 0 Å². The molecule has 2 unspecified atom stereocenters. The smallest absolute Gasteiger partial charge is 0.0524 e. The van der Waals surface area contributed by atoms with Crippen molar-refractivity contribution in [2.24, 2.45) is 0 Å². The van der Waals surface area contributed by atoms with Gasteiger partial charge in [0.15, 0.2) is 0 Å². The molecular weight excluding hydrogens is 198 g/mol. The minimum Gasteiger partial charge on any atom is -0.314 e. The van der Waals surface area contributed by atoms with Gasteiger partial charge in [0.1, 0.15) is 0 Å². The summed E-state index contributed by atoms with van der Waals surface area (Å²) in [6.45, 7) is 6.40. The molecule has 1 aromatic heterocycles. The molecule has 0 saturated heterocycles. The Hall–Kier alpha value is -0.830. The van der Waals surface area contributed by atoms with Crippen LogP contribution in [0.25, 0.3) is 0 Å². The Morgan fingerprint density at radius 1 is 1.44 bits per heavy atom. The first-order chi connectivity index (χ1) is 7.83. The summed E-state index contributed by atoms with van der Waals surface area (Å²) in [7, 11) is 0. The lowest BCUT2D eigenvalue weighted by atomic mass is 9.82. The van der Waals surface area contributed by atoms with E-state index in [1.54, 1.807) is 0 Å². The first-order valence-corrected chi connectivity index (χ1v) is 6.59. The van der Waals surface area contributed by atoms with E-state index in [0.717, 1.165) is 19.0 Å². The van der Waals surface area contributed by atoms with Crippen LogP contribution in [0, 0.1) is 0 Å². The van der Waals surface area contributed by atoms with E-state index in [-0.39, 0.29) is 0 Å². The van der Waals surface area contributed by atoms with Crippen LogP contribution in [0.5, 0.6) is 0 Å². The molecule has 0 radical (unpaired) electrons. The van der Waals surface area contributed by atoms with E-state index in [1.807, 2.05) is 4.68 Å². The minimum atomic E-state index is 0.716. The fourth-order valence-corrected chi connectivity index (χ4v) is 2.73. The van der Waals surface area contributed by atoms with Crippen molar-refractivity contribution in [1.82, 2.24) is 15.1 Å². The highest BCUT2D eigenvalue weighted by molar-refractivity contribution is 5.12. The minimum absolute atomic E-state index is 0.716. The van der Waals surface area contributed by atoms with E-state index in [4.69, 9.17) is 0 Å². The van der Waals surface area contributed by atoms with Gasteiger partial charge in [-0.05, 0) is 44.2 Å². The highest BCUT2D eigenvalue weighted by Crippen LogP contribution is 2.32. The van der Waals surface area contributed by atoms with Gasteiger partial charge < -0.3 is 5.32 Å². The first-order valence-electron chi connectivity index (χ1n) is 6.59. The molecule has 3 nitrogen and oxygen atoms in total. The van der Waals surface area contributed by atoms with E-state index in [0.29, 0.717) is 6.04 Å². The van der Waals surface area contributed by atoms with Gasteiger partial charge in [-0.2, -0.15) is 5.10 Å². The third-order valence-corrected chi connectivity index (χ3v) is 3.62. The largest absolute Gasteiger partial charge is 0.314 e. The van der Waals surface area contributed by atoms with Crippen molar-refractivity contribution < 1.29 is 0 Å². The zero-order chi connectivity index (χ0) is 11.4. The fraction of sp³-hybridized carbons (Fsp3) is 0.769.